The van der Waals surface area contributed by atoms with E-state index in [-0.39, 0.29) is 30.1 Å². The highest BCUT2D eigenvalue weighted by Gasteiger charge is 2.20. The number of nitrogens with zero attached hydrogens (tertiary/aromatic N) is 2. The van der Waals surface area contributed by atoms with Crippen molar-refractivity contribution in [3.63, 3.8) is 0 Å². The molecule has 1 aromatic carbocycles. The van der Waals surface area contributed by atoms with Gasteiger partial charge in [-0.1, -0.05) is 18.2 Å². The number of nitrogens with one attached hydrogen (secondary N) is 2. The van der Waals surface area contributed by atoms with Crippen LogP contribution < -0.4 is 20.1 Å². The molecule has 7 heteroatoms. The van der Waals surface area contributed by atoms with Gasteiger partial charge in [-0.3, -0.25) is 9.98 Å². The molecule has 0 saturated heterocycles. The molecule has 164 valence electrons. The van der Waals surface area contributed by atoms with Gasteiger partial charge in [0, 0.05) is 37.6 Å². The van der Waals surface area contributed by atoms with E-state index < -0.39 is 0 Å². The first-order chi connectivity index (χ1) is 14.2. The number of aromatic nitrogens is 1. The Bertz CT molecular complexity index is 805. The Morgan fingerprint density at radius 2 is 1.97 bits per heavy atom. The van der Waals surface area contributed by atoms with E-state index in [9.17, 15) is 0 Å². The minimum Gasteiger partial charge on any atom is -0.493 e. The number of aryl methyl sites for hydroxylation is 1. The average molecular weight is 524 g/mol. The second-order valence-corrected chi connectivity index (χ2v) is 7.38. The second kappa shape index (κ2) is 12.6. The molecule has 30 heavy (non-hydrogen) atoms. The van der Waals surface area contributed by atoms with Crippen LogP contribution in [0.15, 0.2) is 41.5 Å². The third-order valence-corrected chi connectivity index (χ3v) is 5.22. The molecule has 0 bridgehead atoms. The van der Waals surface area contributed by atoms with Gasteiger partial charge in [-0.05, 0) is 56.7 Å². The summed E-state index contributed by atoms with van der Waals surface area (Å²) in [6, 6.07) is 10.2. The SMILES string of the molecule is CN=C(NCCc1ccc(C)nc1)NCc1cccc(OC)c1OC1CCCC1.I. The first-order valence-electron chi connectivity index (χ1n) is 10.4. The van der Waals surface area contributed by atoms with Gasteiger partial charge in [0.2, 0.25) is 0 Å². The molecule has 1 heterocycles. The molecule has 1 fully saturated rings. The van der Waals surface area contributed by atoms with Crippen molar-refractivity contribution in [1.82, 2.24) is 15.6 Å². The zero-order chi connectivity index (χ0) is 20.5. The molecule has 1 aliphatic rings. The fourth-order valence-corrected chi connectivity index (χ4v) is 3.54. The zero-order valence-electron chi connectivity index (χ0n) is 18.1. The van der Waals surface area contributed by atoms with E-state index in [0.29, 0.717) is 6.54 Å². The molecule has 0 amide bonds. The smallest absolute Gasteiger partial charge is 0.191 e. The van der Waals surface area contributed by atoms with Gasteiger partial charge in [-0.2, -0.15) is 0 Å². The van der Waals surface area contributed by atoms with E-state index in [1.165, 1.54) is 18.4 Å². The van der Waals surface area contributed by atoms with Gasteiger partial charge in [0.15, 0.2) is 17.5 Å². The first kappa shape index (κ1) is 24.2. The lowest BCUT2D eigenvalue weighted by atomic mass is 10.1. The number of pyridine rings is 1. The Balaban J connectivity index is 0.00000320. The van der Waals surface area contributed by atoms with Crippen LogP contribution in [0.2, 0.25) is 0 Å². The largest absolute Gasteiger partial charge is 0.493 e. The van der Waals surface area contributed by atoms with Crippen molar-refractivity contribution < 1.29 is 9.47 Å². The van der Waals surface area contributed by atoms with Crippen LogP contribution in [0.3, 0.4) is 0 Å². The molecule has 2 N–H and O–H groups in total. The fraction of sp³-hybridized carbons (Fsp3) is 0.478. The van der Waals surface area contributed by atoms with Crippen molar-refractivity contribution in [1.29, 1.82) is 0 Å². The lowest BCUT2D eigenvalue weighted by Crippen LogP contribution is -2.38. The molecule has 1 saturated carbocycles. The van der Waals surface area contributed by atoms with E-state index in [4.69, 9.17) is 9.47 Å². The maximum Gasteiger partial charge on any atom is 0.191 e. The van der Waals surface area contributed by atoms with Crippen LogP contribution in [0.1, 0.15) is 42.5 Å². The second-order valence-electron chi connectivity index (χ2n) is 7.38. The Morgan fingerprint density at radius 3 is 2.63 bits per heavy atom. The summed E-state index contributed by atoms with van der Waals surface area (Å²) >= 11 is 0. The number of methoxy groups -OCH3 is 1. The maximum absolute atomic E-state index is 6.31. The summed E-state index contributed by atoms with van der Waals surface area (Å²) in [6.45, 7) is 3.40. The highest BCUT2D eigenvalue weighted by atomic mass is 127. The summed E-state index contributed by atoms with van der Waals surface area (Å²) < 4.78 is 11.9. The van der Waals surface area contributed by atoms with Gasteiger partial charge in [-0.15, -0.1) is 24.0 Å². The van der Waals surface area contributed by atoms with E-state index in [0.717, 1.165) is 54.5 Å². The molecular weight excluding hydrogens is 491 g/mol. The fourth-order valence-electron chi connectivity index (χ4n) is 3.54. The molecule has 0 atom stereocenters. The molecule has 3 rings (SSSR count). The number of benzene rings is 1. The predicted octanol–water partition coefficient (Wildman–Crippen LogP) is 4.25. The van der Waals surface area contributed by atoms with Crippen LogP contribution in [0.5, 0.6) is 11.5 Å². The number of aliphatic imine (C=N–C) groups is 1. The molecular formula is C23H33IN4O2. The molecule has 2 aromatic rings. The molecule has 0 unspecified atom stereocenters. The number of para-hydroxylation sites is 1. The van der Waals surface area contributed by atoms with Crippen LogP contribution in [-0.4, -0.2) is 37.7 Å². The van der Waals surface area contributed by atoms with Gasteiger partial charge in [-0.25, -0.2) is 0 Å². The third kappa shape index (κ3) is 7.04. The van der Waals surface area contributed by atoms with Crippen LogP contribution >= 0.6 is 24.0 Å². The lowest BCUT2D eigenvalue weighted by Gasteiger charge is -2.20. The van der Waals surface area contributed by atoms with E-state index >= 15 is 0 Å². The summed E-state index contributed by atoms with van der Waals surface area (Å²) in [4.78, 5) is 8.67. The Morgan fingerprint density at radius 1 is 1.17 bits per heavy atom. The van der Waals surface area contributed by atoms with Gasteiger partial charge in [0.25, 0.3) is 0 Å². The Kier molecular flexibility index (Phi) is 10.2. The molecule has 6 nitrogen and oxygen atoms in total. The summed E-state index contributed by atoms with van der Waals surface area (Å²) in [7, 11) is 3.47. The Hall–Kier alpha value is -2.03. The van der Waals surface area contributed by atoms with Crippen LogP contribution in [0.4, 0.5) is 0 Å². The van der Waals surface area contributed by atoms with Crippen molar-refractivity contribution in [3.05, 3.63) is 53.3 Å². The number of ether oxygens (including phenoxy) is 2. The van der Waals surface area contributed by atoms with E-state index in [2.05, 4.69) is 32.7 Å². The van der Waals surface area contributed by atoms with Gasteiger partial charge in [0.1, 0.15) is 0 Å². The highest BCUT2D eigenvalue weighted by Crippen LogP contribution is 2.34. The van der Waals surface area contributed by atoms with Crippen LogP contribution in [0.25, 0.3) is 0 Å². The number of guanidine groups is 1. The average Bonchev–Trinajstić information content (AvgIpc) is 3.26. The van der Waals surface area contributed by atoms with Gasteiger partial charge >= 0.3 is 0 Å². The summed E-state index contributed by atoms with van der Waals surface area (Å²) in [5.41, 5.74) is 3.31. The third-order valence-electron chi connectivity index (χ3n) is 5.22. The quantitative estimate of drug-likeness (QED) is 0.307. The Labute approximate surface area is 196 Å². The molecule has 1 aromatic heterocycles. The van der Waals surface area contributed by atoms with Crippen molar-refractivity contribution in [2.45, 2.75) is 51.7 Å². The summed E-state index contributed by atoms with van der Waals surface area (Å²) in [5.74, 6) is 2.39. The molecule has 0 spiro atoms. The predicted molar refractivity (Wildman–Crippen MR) is 132 cm³/mol. The minimum atomic E-state index is 0. The monoisotopic (exact) mass is 524 g/mol. The first-order valence-corrected chi connectivity index (χ1v) is 10.4. The van der Waals surface area contributed by atoms with Crippen molar-refractivity contribution in [2.24, 2.45) is 4.99 Å². The van der Waals surface area contributed by atoms with Crippen molar-refractivity contribution >= 4 is 29.9 Å². The zero-order valence-corrected chi connectivity index (χ0v) is 20.4. The summed E-state index contributed by atoms with van der Waals surface area (Å²) in [6.07, 6.45) is 7.80. The molecule has 0 aliphatic heterocycles. The molecule has 0 radical (unpaired) electrons. The highest BCUT2D eigenvalue weighted by molar-refractivity contribution is 14.0. The lowest BCUT2D eigenvalue weighted by molar-refractivity contribution is 0.198. The van der Waals surface area contributed by atoms with E-state index in [1.54, 1.807) is 14.2 Å². The number of halogens is 1. The van der Waals surface area contributed by atoms with Crippen molar-refractivity contribution in [2.75, 3.05) is 20.7 Å². The van der Waals surface area contributed by atoms with E-state index in [1.807, 2.05) is 31.3 Å². The number of rotatable bonds is 8. The normalized spacial score (nSPS) is 14.2. The minimum absolute atomic E-state index is 0. The van der Waals surface area contributed by atoms with Crippen LogP contribution in [-0.2, 0) is 13.0 Å². The topological polar surface area (TPSA) is 67.8 Å². The maximum atomic E-state index is 6.31. The molecule has 1 aliphatic carbocycles. The van der Waals surface area contributed by atoms with Crippen LogP contribution in [0, 0.1) is 6.92 Å². The van der Waals surface area contributed by atoms with Crippen molar-refractivity contribution in [3.8, 4) is 11.5 Å². The number of hydrogen-bond donors (Lipinski definition) is 2. The van der Waals surface area contributed by atoms with Gasteiger partial charge < -0.3 is 20.1 Å². The standard InChI is InChI=1S/C23H32N4O2.HI/c1-17-11-12-18(15-26-17)13-14-25-23(24-2)27-16-19-7-6-10-21(28-3)22(19)29-20-8-4-5-9-20;/h6-7,10-12,15,20H,4-5,8-9,13-14,16H2,1-3H3,(H2,24,25,27);1H. The summed E-state index contributed by atoms with van der Waals surface area (Å²) in [5, 5.41) is 6.75. The number of hydrogen-bond acceptors (Lipinski definition) is 4. The van der Waals surface area contributed by atoms with Gasteiger partial charge in [0.05, 0.1) is 13.2 Å².